The molecule has 0 radical (unpaired) electrons. The molecule has 0 bridgehead atoms. The molecule has 2 rings (SSSR count). The van der Waals surface area contributed by atoms with Crippen LogP contribution < -0.4 is 5.73 Å². The summed E-state index contributed by atoms with van der Waals surface area (Å²) in [5.41, 5.74) is 6.60. The number of hydrogen-bond donors (Lipinski definition) is 1. The summed E-state index contributed by atoms with van der Waals surface area (Å²) in [6.45, 7) is 3.35. The Labute approximate surface area is 88.4 Å². The SMILES string of the molecule is CC1CCC(C2(CN)CCCC2)CC1. The van der Waals surface area contributed by atoms with Crippen molar-refractivity contribution < 1.29 is 0 Å². The molecule has 0 aromatic rings. The lowest BCUT2D eigenvalue weighted by Crippen LogP contribution is -2.37. The summed E-state index contributed by atoms with van der Waals surface area (Å²) in [7, 11) is 0. The Morgan fingerprint density at radius 2 is 1.64 bits per heavy atom. The first-order valence-corrected chi connectivity index (χ1v) is 6.47. The lowest BCUT2D eigenvalue weighted by atomic mass is 9.66. The first-order chi connectivity index (χ1) is 6.77. The van der Waals surface area contributed by atoms with Gasteiger partial charge in [0.25, 0.3) is 0 Å². The average molecular weight is 195 g/mol. The van der Waals surface area contributed by atoms with Gasteiger partial charge < -0.3 is 5.73 Å². The lowest BCUT2D eigenvalue weighted by molar-refractivity contribution is 0.114. The van der Waals surface area contributed by atoms with Crippen LogP contribution in [0, 0.1) is 17.3 Å². The second-order valence-corrected chi connectivity index (χ2v) is 5.73. The van der Waals surface area contributed by atoms with Crippen molar-refractivity contribution in [2.45, 2.75) is 58.3 Å². The highest BCUT2D eigenvalue weighted by molar-refractivity contribution is 4.93. The van der Waals surface area contributed by atoms with E-state index in [1.54, 1.807) is 0 Å². The largest absolute Gasteiger partial charge is 0.330 e. The van der Waals surface area contributed by atoms with Crippen LogP contribution in [0.25, 0.3) is 0 Å². The molecule has 2 fully saturated rings. The number of rotatable bonds is 2. The monoisotopic (exact) mass is 195 g/mol. The van der Waals surface area contributed by atoms with Crippen molar-refractivity contribution in [3.63, 3.8) is 0 Å². The second kappa shape index (κ2) is 4.22. The smallest absolute Gasteiger partial charge is 0.00179 e. The molecule has 0 unspecified atom stereocenters. The molecular formula is C13H25N. The van der Waals surface area contributed by atoms with E-state index < -0.39 is 0 Å². The van der Waals surface area contributed by atoms with Crippen molar-refractivity contribution in [3.05, 3.63) is 0 Å². The van der Waals surface area contributed by atoms with Crippen LogP contribution in [0.15, 0.2) is 0 Å². The van der Waals surface area contributed by atoms with Crippen LogP contribution in [0.2, 0.25) is 0 Å². The minimum absolute atomic E-state index is 0.570. The zero-order valence-corrected chi connectivity index (χ0v) is 9.60. The van der Waals surface area contributed by atoms with Gasteiger partial charge in [-0.2, -0.15) is 0 Å². The highest BCUT2D eigenvalue weighted by atomic mass is 14.6. The van der Waals surface area contributed by atoms with Crippen molar-refractivity contribution in [2.75, 3.05) is 6.54 Å². The van der Waals surface area contributed by atoms with E-state index in [-0.39, 0.29) is 0 Å². The molecule has 1 nitrogen and oxygen atoms in total. The van der Waals surface area contributed by atoms with Crippen LogP contribution >= 0.6 is 0 Å². The molecule has 14 heavy (non-hydrogen) atoms. The molecule has 0 spiro atoms. The summed E-state index contributed by atoms with van der Waals surface area (Å²) < 4.78 is 0. The Bertz CT molecular complexity index is 174. The molecule has 82 valence electrons. The van der Waals surface area contributed by atoms with Gasteiger partial charge in [-0.3, -0.25) is 0 Å². The van der Waals surface area contributed by atoms with Gasteiger partial charge in [0, 0.05) is 0 Å². The number of nitrogens with two attached hydrogens (primary N) is 1. The fraction of sp³-hybridized carbons (Fsp3) is 1.00. The van der Waals surface area contributed by atoms with Crippen LogP contribution in [0.3, 0.4) is 0 Å². The van der Waals surface area contributed by atoms with Gasteiger partial charge in [-0.25, -0.2) is 0 Å². The fourth-order valence-electron chi connectivity index (χ4n) is 3.73. The van der Waals surface area contributed by atoms with Crippen molar-refractivity contribution in [1.82, 2.24) is 0 Å². The third-order valence-electron chi connectivity index (χ3n) is 4.89. The Kier molecular flexibility index (Phi) is 3.16. The third-order valence-corrected chi connectivity index (χ3v) is 4.89. The molecule has 0 aliphatic heterocycles. The van der Waals surface area contributed by atoms with Crippen LogP contribution in [0.5, 0.6) is 0 Å². The highest BCUT2D eigenvalue weighted by Gasteiger charge is 2.40. The predicted octanol–water partition coefficient (Wildman–Crippen LogP) is 3.33. The normalized spacial score (nSPS) is 37.3. The zero-order valence-electron chi connectivity index (χ0n) is 9.60. The van der Waals surface area contributed by atoms with E-state index >= 15 is 0 Å². The standard InChI is InChI=1S/C13H25N/c1-11-4-6-12(7-5-11)13(10-14)8-2-3-9-13/h11-12H,2-10,14H2,1H3. The molecule has 2 aliphatic rings. The van der Waals surface area contributed by atoms with Gasteiger partial charge in [-0.1, -0.05) is 32.6 Å². The Balaban J connectivity index is 1.98. The van der Waals surface area contributed by atoms with E-state index in [1.807, 2.05) is 0 Å². The van der Waals surface area contributed by atoms with Gasteiger partial charge in [0.15, 0.2) is 0 Å². The quantitative estimate of drug-likeness (QED) is 0.718. The van der Waals surface area contributed by atoms with Crippen LogP contribution in [-0.2, 0) is 0 Å². The van der Waals surface area contributed by atoms with E-state index in [0.29, 0.717) is 5.41 Å². The maximum atomic E-state index is 6.03. The van der Waals surface area contributed by atoms with Gasteiger partial charge in [0.2, 0.25) is 0 Å². The Morgan fingerprint density at radius 1 is 1.07 bits per heavy atom. The molecule has 2 saturated carbocycles. The van der Waals surface area contributed by atoms with Crippen LogP contribution in [-0.4, -0.2) is 6.54 Å². The van der Waals surface area contributed by atoms with Crippen LogP contribution in [0.4, 0.5) is 0 Å². The van der Waals surface area contributed by atoms with Crippen molar-refractivity contribution >= 4 is 0 Å². The zero-order chi connectivity index (χ0) is 10.0. The van der Waals surface area contributed by atoms with E-state index in [2.05, 4.69) is 6.92 Å². The van der Waals surface area contributed by atoms with Crippen LogP contribution in [0.1, 0.15) is 58.3 Å². The van der Waals surface area contributed by atoms with E-state index in [0.717, 1.165) is 18.4 Å². The topological polar surface area (TPSA) is 26.0 Å². The fourth-order valence-corrected chi connectivity index (χ4v) is 3.73. The van der Waals surface area contributed by atoms with Gasteiger partial charge in [-0.15, -0.1) is 0 Å². The van der Waals surface area contributed by atoms with Crippen molar-refractivity contribution in [2.24, 2.45) is 23.0 Å². The first-order valence-electron chi connectivity index (χ1n) is 6.47. The molecule has 0 heterocycles. The summed E-state index contributed by atoms with van der Waals surface area (Å²) in [6.07, 6.45) is 11.5. The van der Waals surface area contributed by atoms with E-state index in [4.69, 9.17) is 5.73 Å². The maximum absolute atomic E-state index is 6.03. The minimum atomic E-state index is 0.570. The molecule has 0 amide bonds. The third kappa shape index (κ3) is 1.84. The van der Waals surface area contributed by atoms with E-state index in [9.17, 15) is 0 Å². The summed E-state index contributed by atoms with van der Waals surface area (Å²) in [4.78, 5) is 0. The first kappa shape index (κ1) is 10.5. The maximum Gasteiger partial charge on any atom is -0.00179 e. The summed E-state index contributed by atoms with van der Waals surface area (Å²) in [5, 5.41) is 0. The Morgan fingerprint density at radius 3 is 2.14 bits per heavy atom. The van der Waals surface area contributed by atoms with Gasteiger partial charge in [-0.05, 0) is 49.5 Å². The minimum Gasteiger partial charge on any atom is -0.330 e. The summed E-state index contributed by atoms with van der Waals surface area (Å²) in [6, 6.07) is 0. The molecule has 2 aliphatic carbocycles. The summed E-state index contributed by atoms with van der Waals surface area (Å²) in [5.74, 6) is 1.94. The second-order valence-electron chi connectivity index (χ2n) is 5.73. The van der Waals surface area contributed by atoms with Crippen molar-refractivity contribution in [3.8, 4) is 0 Å². The van der Waals surface area contributed by atoms with Gasteiger partial charge in [0.1, 0.15) is 0 Å². The molecule has 0 saturated heterocycles. The number of hydrogen-bond acceptors (Lipinski definition) is 1. The van der Waals surface area contributed by atoms with Gasteiger partial charge in [0.05, 0.1) is 0 Å². The van der Waals surface area contributed by atoms with E-state index in [1.165, 1.54) is 51.4 Å². The highest BCUT2D eigenvalue weighted by Crippen LogP contribution is 2.49. The summed E-state index contributed by atoms with van der Waals surface area (Å²) >= 11 is 0. The Hall–Kier alpha value is -0.0400. The average Bonchev–Trinajstić information content (AvgIpc) is 2.68. The lowest BCUT2D eigenvalue weighted by Gasteiger charge is -2.40. The molecule has 0 atom stereocenters. The molecule has 0 aromatic carbocycles. The predicted molar refractivity (Wildman–Crippen MR) is 61.1 cm³/mol. The molecule has 0 aromatic heterocycles. The molecular weight excluding hydrogens is 170 g/mol. The van der Waals surface area contributed by atoms with Gasteiger partial charge >= 0.3 is 0 Å². The van der Waals surface area contributed by atoms with Crippen molar-refractivity contribution in [1.29, 1.82) is 0 Å². The molecule has 1 heteroatoms. The molecule has 2 N–H and O–H groups in total.